The summed E-state index contributed by atoms with van der Waals surface area (Å²) in [7, 11) is 0. The van der Waals surface area contributed by atoms with Crippen molar-refractivity contribution in [3.63, 3.8) is 0 Å². The van der Waals surface area contributed by atoms with Crippen molar-refractivity contribution in [2.24, 2.45) is 0 Å². The maximum absolute atomic E-state index is 13.7. The van der Waals surface area contributed by atoms with Crippen molar-refractivity contribution in [2.45, 2.75) is 19.5 Å². The number of rotatable bonds is 6. The molecule has 174 valence electrons. The van der Waals surface area contributed by atoms with Crippen molar-refractivity contribution < 1.29 is 27.5 Å². The lowest BCUT2D eigenvalue weighted by Crippen LogP contribution is -2.15. The fourth-order valence-electron chi connectivity index (χ4n) is 3.45. The number of nitrogens with one attached hydrogen (secondary N) is 1. The van der Waals surface area contributed by atoms with E-state index in [4.69, 9.17) is 0 Å². The van der Waals surface area contributed by atoms with Gasteiger partial charge < -0.3 is 10.4 Å². The Morgan fingerprint density at radius 1 is 1.09 bits per heavy atom. The van der Waals surface area contributed by atoms with Crippen molar-refractivity contribution in [1.82, 2.24) is 14.8 Å². The third-order valence-electron chi connectivity index (χ3n) is 5.11. The van der Waals surface area contributed by atoms with Crippen LogP contribution >= 0.6 is 0 Å². The van der Waals surface area contributed by atoms with E-state index in [-0.39, 0.29) is 17.1 Å². The summed E-state index contributed by atoms with van der Waals surface area (Å²) >= 11 is 0. The Bertz CT molecular complexity index is 1370. The highest BCUT2D eigenvalue weighted by Gasteiger charge is 2.35. The maximum Gasteiger partial charge on any atom is 0.420 e. The number of carboxylic acid groups (broad SMARTS) is 1. The van der Waals surface area contributed by atoms with Gasteiger partial charge in [0.1, 0.15) is 17.2 Å². The molecule has 4 rings (SSSR count). The van der Waals surface area contributed by atoms with Crippen LogP contribution in [0.25, 0.3) is 17.1 Å². The molecule has 0 amide bonds. The van der Waals surface area contributed by atoms with E-state index in [9.17, 15) is 27.5 Å². The molecule has 0 aliphatic carbocycles. The van der Waals surface area contributed by atoms with E-state index in [1.54, 1.807) is 6.07 Å². The second kappa shape index (κ2) is 8.97. The lowest BCUT2D eigenvalue weighted by atomic mass is 10.1. The van der Waals surface area contributed by atoms with Crippen LogP contribution < -0.4 is 5.32 Å². The predicted molar refractivity (Wildman–Crippen MR) is 118 cm³/mol. The molecule has 2 aromatic heterocycles. The smallest absolute Gasteiger partial charge is 0.420 e. The maximum atomic E-state index is 13.7. The van der Waals surface area contributed by atoms with Crippen LogP contribution in [0.1, 0.15) is 28.4 Å². The van der Waals surface area contributed by atoms with Gasteiger partial charge in [0.15, 0.2) is 5.82 Å². The van der Waals surface area contributed by atoms with E-state index in [1.165, 1.54) is 18.3 Å². The van der Waals surface area contributed by atoms with E-state index in [0.717, 1.165) is 40.9 Å². The lowest BCUT2D eigenvalue weighted by molar-refractivity contribution is -0.137. The number of aryl methyl sites for hydroxylation is 1. The van der Waals surface area contributed by atoms with Crippen LogP contribution in [-0.2, 0) is 12.6 Å². The van der Waals surface area contributed by atoms with Crippen molar-refractivity contribution >= 4 is 17.5 Å². The minimum absolute atomic E-state index is 0.0200. The predicted octanol–water partition coefficient (Wildman–Crippen LogP) is 6.10. The molecule has 0 saturated heterocycles. The molecule has 0 fully saturated rings. The Labute approximate surface area is 191 Å². The third-order valence-corrected chi connectivity index (χ3v) is 5.11. The van der Waals surface area contributed by atoms with Crippen LogP contribution in [0, 0.1) is 5.82 Å². The number of hydrogen-bond acceptors (Lipinski definition) is 4. The van der Waals surface area contributed by atoms with Crippen molar-refractivity contribution in [3.05, 3.63) is 89.4 Å². The van der Waals surface area contributed by atoms with E-state index in [0.29, 0.717) is 11.3 Å². The Morgan fingerprint density at radius 3 is 2.59 bits per heavy atom. The van der Waals surface area contributed by atoms with Gasteiger partial charge in [-0.3, -0.25) is 0 Å². The van der Waals surface area contributed by atoms with E-state index < -0.39 is 29.3 Å². The zero-order valence-corrected chi connectivity index (χ0v) is 17.8. The molecule has 10 heteroatoms. The van der Waals surface area contributed by atoms with Crippen LogP contribution in [-0.4, -0.2) is 25.8 Å². The summed E-state index contributed by atoms with van der Waals surface area (Å²) < 4.78 is 55.7. The summed E-state index contributed by atoms with van der Waals surface area (Å²) in [5, 5.41) is 16.6. The molecule has 0 bridgehead atoms. The number of halogens is 4. The van der Waals surface area contributed by atoms with Crippen LogP contribution in [0.15, 0.2) is 66.9 Å². The molecule has 0 unspecified atom stereocenters. The SMILES string of the molecule is CCc1cccc(-c2cc(Nc3ccc(F)cc3C(=O)O)n(-c3ncccc3C(F)(F)F)n2)c1. The number of pyridine rings is 1. The van der Waals surface area contributed by atoms with Gasteiger partial charge >= 0.3 is 12.1 Å². The number of anilines is 2. The zero-order valence-electron chi connectivity index (χ0n) is 17.8. The molecule has 0 radical (unpaired) electrons. The summed E-state index contributed by atoms with van der Waals surface area (Å²) in [6.45, 7) is 1.97. The van der Waals surface area contributed by atoms with Crippen LogP contribution in [0.4, 0.5) is 29.1 Å². The topological polar surface area (TPSA) is 80.0 Å². The highest BCUT2D eigenvalue weighted by Crippen LogP contribution is 2.35. The van der Waals surface area contributed by atoms with Gasteiger partial charge in [-0.2, -0.15) is 23.0 Å². The van der Waals surface area contributed by atoms with Gasteiger partial charge in [-0.15, -0.1) is 0 Å². The lowest BCUT2D eigenvalue weighted by Gasteiger charge is -2.15. The number of nitrogens with zero attached hydrogens (tertiary/aromatic N) is 3. The molecular formula is C24H18F4N4O2. The number of aromatic carboxylic acids is 1. The first-order valence-corrected chi connectivity index (χ1v) is 10.2. The van der Waals surface area contributed by atoms with Crippen LogP contribution in [0.3, 0.4) is 0 Å². The van der Waals surface area contributed by atoms with Gasteiger partial charge in [-0.1, -0.05) is 25.1 Å². The molecule has 6 nitrogen and oxygen atoms in total. The van der Waals surface area contributed by atoms with Gasteiger partial charge in [0, 0.05) is 17.8 Å². The fraction of sp³-hybridized carbons (Fsp3) is 0.125. The molecule has 0 aliphatic rings. The second-order valence-electron chi connectivity index (χ2n) is 7.37. The summed E-state index contributed by atoms with van der Waals surface area (Å²) in [6, 6.07) is 13.9. The normalized spacial score (nSPS) is 11.4. The van der Waals surface area contributed by atoms with Gasteiger partial charge in [-0.05, 0) is 48.4 Å². The van der Waals surface area contributed by atoms with Crippen LogP contribution in [0.5, 0.6) is 0 Å². The minimum atomic E-state index is -4.71. The highest BCUT2D eigenvalue weighted by atomic mass is 19.4. The first kappa shape index (κ1) is 23.0. The number of carboxylic acids is 1. The van der Waals surface area contributed by atoms with Gasteiger partial charge in [0.25, 0.3) is 0 Å². The Balaban J connectivity index is 1.91. The average molecular weight is 470 g/mol. The largest absolute Gasteiger partial charge is 0.478 e. The standard InChI is InChI=1S/C24H18F4N4O2/c1-2-14-5-3-6-15(11-14)20-13-21(30-19-9-8-16(25)12-17(19)23(33)34)32(31-20)22-18(24(26,27)28)7-4-10-29-22/h3-13,30H,2H2,1H3,(H,33,34). The average Bonchev–Trinajstić information content (AvgIpc) is 3.23. The summed E-state index contributed by atoms with van der Waals surface area (Å²) in [5.41, 5.74) is 0.571. The number of hydrogen-bond donors (Lipinski definition) is 2. The van der Waals surface area contributed by atoms with Crippen LogP contribution in [0.2, 0.25) is 0 Å². The molecule has 4 aromatic rings. The van der Waals surface area contributed by atoms with Gasteiger partial charge in [0.2, 0.25) is 0 Å². The number of benzene rings is 2. The van der Waals surface area contributed by atoms with Crippen molar-refractivity contribution in [3.8, 4) is 17.1 Å². The molecule has 0 spiro atoms. The third kappa shape index (κ3) is 4.61. The Hall–Kier alpha value is -4.21. The molecular weight excluding hydrogens is 452 g/mol. The molecule has 2 N–H and O–H groups in total. The van der Waals surface area contributed by atoms with E-state index >= 15 is 0 Å². The fourth-order valence-corrected chi connectivity index (χ4v) is 3.45. The number of alkyl halides is 3. The second-order valence-corrected chi connectivity index (χ2v) is 7.37. The number of carbonyl (C=O) groups is 1. The van der Waals surface area contributed by atoms with Crippen molar-refractivity contribution in [2.75, 3.05) is 5.32 Å². The Morgan fingerprint density at radius 2 is 1.88 bits per heavy atom. The molecule has 0 saturated carbocycles. The molecule has 0 aliphatic heterocycles. The monoisotopic (exact) mass is 470 g/mol. The minimum Gasteiger partial charge on any atom is -0.478 e. The Kier molecular flexibility index (Phi) is 6.06. The quantitative estimate of drug-likeness (QED) is 0.333. The summed E-state index contributed by atoms with van der Waals surface area (Å²) in [4.78, 5) is 15.5. The molecule has 2 aromatic carbocycles. The molecule has 34 heavy (non-hydrogen) atoms. The van der Waals surface area contributed by atoms with E-state index in [1.807, 2.05) is 25.1 Å². The van der Waals surface area contributed by atoms with Gasteiger partial charge in [-0.25, -0.2) is 14.2 Å². The summed E-state index contributed by atoms with van der Waals surface area (Å²) in [5.74, 6) is -2.64. The van der Waals surface area contributed by atoms with E-state index in [2.05, 4.69) is 15.4 Å². The van der Waals surface area contributed by atoms with Gasteiger partial charge in [0.05, 0.1) is 16.9 Å². The molecule has 2 heterocycles. The summed E-state index contributed by atoms with van der Waals surface area (Å²) in [6.07, 6.45) is -2.76. The first-order chi connectivity index (χ1) is 16.2. The number of aromatic nitrogens is 3. The highest BCUT2D eigenvalue weighted by molar-refractivity contribution is 5.95. The molecule has 0 atom stereocenters. The first-order valence-electron chi connectivity index (χ1n) is 10.2. The zero-order chi connectivity index (χ0) is 24.5. The van der Waals surface area contributed by atoms with Crippen molar-refractivity contribution in [1.29, 1.82) is 0 Å².